The Labute approximate surface area is 135 Å². The first kappa shape index (κ1) is 16.1. The van der Waals surface area contributed by atoms with Gasteiger partial charge in [0.15, 0.2) is 0 Å². The Balaban J connectivity index is 2.41. The topological polar surface area (TPSA) is 21.3 Å². The van der Waals surface area contributed by atoms with E-state index in [0.717, 1.165) is 10.2 Å². The molecule has 0 aliphatic heterocycles. The van der Waals surface area contributed by atoms with Gasteiger partial charge in [0.2, 0.25) is 0 Å². The molecular weight excluding hydrogens is 326 g/mol. The first-order valence-electron chi connectivity index (χ1n) is 7.07. The number of likely N-dealkylation sites (N-methyl/N-ethyl adjacent to an activating group) is 1. The van der Waals surface area contributed by atoms with Crippen LogP contribution < -0.4 is 10.1 Å². The van der Waals surface area contributed by atoms with Gasteiger partial charge in [0.05, 0.1) is 11.6 Å². The van der Waals surface area contributed by atoms with E-state index in [-0.39, 0.29) is 11.5 Å². The van der Waals surface area contributed by atoms with Crippen LogP contribution >= 0.6 is 15.9 Å². The second-order valence-corrected chi connectivity index (χ2v) is 6.56. The highest BCUT2D eigenvalue weighted by Gasteiger charge is 2.31. The molecule has 1 N–H and O–H groups in total. The van der Waals surface area contributed by atoms with E-state index in [1.165, 1.54) is 11.1 Å². The van der Waals surface area contributed by atoms with E-state index in [9.17, 15) is 0 Å². The lowest BCUT2D eigenvalue weighted by molar-refractivity contribution is 0.367. The average Bonchev–Trinajstić information content (AvgIpc) is 2.49. The van der Waals surface area contributed by atoms with Crippen molar-refractivity contribution in [1.82, 2.24) is 5.32 Å². The Morgan fingerprint density at radius 2 is 1.76 bits per heavy atom. The van der Waals surface area contributed by atoms with Gasteiger partial charge in [0, 0.05) is 11.5 Å². The molecule has 1 unspecified atom stereocenters. The third kappa shape index (κ3) is 3.30. The van der Waals surface area contributed by atoms with Gasteiger partial charge in [-0.1, -0.05) is 50.2 Å². The molecule has 2 rings (SSSR count). The molecule has 0 fully saturated rings. The summed E-state index contributed by atoms with van der Waals surface area (Å²) in [6.45, 7) is 4.53. The zero-order valence-corrected chi connectivity index (χ0v) is 14.6. The molecule has 0 aliphatic carbocycles. The van der Waals surface area contributed by atoms with E-state index in [2.05, 4.69) is 77.6 Å². The second-order valence-electron chi connectivity index (χ2n) is 5.70. The largest absolute Gasteiger partial charge is 0.496 e. The molecule has 21 heavy (non-hydrogen) atoms. The molecule has 0 aliphatic rings. The summed E-state index contributed by atoms with van der Waals surface area (Å²) >= 11 is 3.58. The molecule has 1 atom stereocenters. The number of methoxy groups -OCH3 is 1. The minimum Gasteiger partial charge on any atom is -0.496 e. The van der Waals surface area contributed by atoms with E-state index in [4.69, 9.17) is 4.74 Å². The van der Waals surface area contributed by atoms with Crippen LogP contribution in [0.3, 0.4) is 0 Å². The van der Waals surface area contributed by atoms with Crippen molar-refractivity contribution in [2.75, 3.05) is 14.2 Å². The molecular formula is C18H22BrNO. The summed E-state index contributed by atoms with van der Waals surface area (Å²) in [6.07, 6.45) is 0. The molecule has 3 heteroatoms. The van der Waals surface area contributed by atoms with Crippen LogP contribution in [0.25, 0.3) is 0 Å². The summed E-state index contributed by atoms with van der Waals surface area (Å²) in [5.74, 6) is 0.853. The molecule has 0 spiro atoms. The maximum atomic E-state index is 5.32. The maximum absolute atomic E-state index is 5.32. The summed E-state index contributed by atoms with van der Waals surface area (Å²) < 4.78 is 6.29. The number of halogens is 1. The van der Waals surface area contributed by atoms with Crippen molar-refractivity contribution in [2.24, 2.45) is 0 Å². The van der Waals surface area contributed by atoms with Gasteiger partial charge in [-0.15, -0.1) is 0 Å². The highest BCUT2D eigenvalue weighted by Crippen LogP contribution is 2.38. The zero-order valence-electron chi connectivity index (χ0n) is 13.0. The summed E-state index contributed by atoms with van der Waals surface area (Å²) in [5.41, 5.74) is 2.53. The van der Waals surface area contributed by atoms with Crippen LogP contribution in [-0.2, 0) is 5.41 Å². The first-order valence-corrected chi connectivity index (χ1v) is 7.86. The predicted octanol–water partition coefficient (Wildman–Crippen LogP) is 4.70. The fourth-order valence-corrected chi connectivity index (χ4v) is 3.40. The Hall–Kier alpha value is -1.32. The summed E-state index contributed by atoms with van der Waals surface area (Å²) in [6, 6.07) is 17.1. The number of hydrogen-bond acceptors (Lipinski definition) is 2. The number of ether oxygens (including phenoxy) is 1. The van der Waals surface area contributed by atoms with Crippen molar-refractivity contribution in [1.29, 1.82) is 0 Å². The van der Waals surface area contributed by atoms with Gasteiger partial charge in [-0.05, 0) is 46.2 Å². The fourth-order valence-electron chi connectivity index (χ4n) is 2.84. The molecule has 0 aromatic heterocycles. The maximum Gasteiger partial charge on any atom is 0.133 e. The van der Waals surface area contributed by atoms with Gasteiger partial charge >= 0.3 is 0 Å². The number of nitrogens with one attached hydrogen (secondary N) is 1. The average molecular weight is 348 g/mol. The van der Waals surface area contributed by atoms with Crippen molar-refractivity contribution in [2.45, 2.75) is 25.3 Å². The quantitative estimate of drug-likeness (QED) is 0.846. The molecule has 0 radical (unpaired) electrons. The first-order chi connectivity index (χ1) is 10.0. The Morgan fingerprint density at radius 1 is 1.10 bits per heavy atom. The second kappa shape index (κ2) is 6.63. The van der Waals surface area contributed by atoms with Gasteiger partial charge in [-0.3, -0.25) is 0 Å². The lowest BCUT2D eigenvalue weighted by Gasteiger charge is -2.35. The highest BCUT2D eigenvalue weighted by atomic mass is 79.9. The van der Waals surface area contributed by atoms with E-state index >= 15 is 0 Å². The molecule has 0 heterocycles. The Morgan fingerprint density at radius 3 is 2.29 bits per heavy atom. The van der Waals surface area contributed by atoms with Crippen LogP contribution in [0, 0.1) is 0 Å². The van der Waals surface area contributed by atoms with E-state index in [1.807, 2.05) is 13.1 Å². The summed E-state index contributed by atoms with van der Waals surface area (Å²) in [5, 5.41) is 3.46. The van der Waals surface area contributed by atoms with Gasteiger partial charge in [-0.2, -0.15) is 0 Å². The lowest BCUT2D eigenvalue weighted by atomic mass is 9.75. The van der Waals surface area contributed by atoms with Crippen molar-refractivity contribution in [3.05, 3.63) is 64.1 Å². The third-order valence-corrected chi connectivity index (χ3v) is 4.66. The molecule has 0 bridgehead atoms. The van der Waals surface area contributed by atoms with E-state index in [1.54, 1.807) is 7.11 Å². The molecule has 2 aromatic carbocycles. The molecule has 112 valence electrons. The van der Waals surface area contributed by atoms with Crippen LogP contribution in [0.15, 0.2) is 53.0 Å². The van der Waals surface area contributed by atoms with Gasteiger partial charge in [0.1, 0.15) is 5.75 Å². The monoisotopic (exact) mass is 347 g/mol. The zero-order chi connectivity index (χ0) is 15.5. The molecule has 2 nitrogen and oxygen atoms in total. The lowest BCUT2D eigenvalue weighted by Crippen LogP contribution is -2.35. The van der Waals surface area contributed by atoms with Crippen LogP contribution in [0.4, 0.5) is 0 Å². The number of hydrogen-bond donors (Lipinski definition) is 1. The van der Waals surface area contributed by atoms with Crippen LogP contribution in [-0.4, -0.2) is 14.2 Å². The predicted molar refractivity (Wildman–Crippen MR) is 92.0 cm³/mol. The molecule has 0 saturated carbocycles. The van der Waals surface area contributed by atoms with Crippen molar-refractivity contribution in [3.8, 4) is 5.75 Å². The minimum atomic E-state index is -0.0238. The standard InChI is InChI=1S/C18H22BrNO/c1-18(2,14-8-6-5-7-9-14)17(20-3)13-10-11-16(21-4)15(19)12-13/h5-12,17,20H,1-4H3. The number of rotatable bonds is 5. The minimum absolute atomic E-state index is 0.0238. The van der Waals surface area contributed by atoms with Gasteiger partial charge in [-0.25, -0.2) is 0 Å². The highest BCUT2D eigenvalue weighted by molar-refractivity contribution is 9.10. The fraction of sp³-hybridized carbons (Fsp3) is 0.333. The van der Waals surface area contributed by atoms with Crippen LogP contribution in [0.1, 0.15) is 31.0 Å². The van der Waals surface area contributed by atoms with Crippen molar-refractivity contribution in [3.63, 3.8) is 0 Å². The van der Waals surface area contributed by atoms with Crippen molar-refractivity contribution < 1.29 is 4.74 Å². The Kier molecular flexibility index (Phi) is 5.07. The normalized spacial score (nSPS) is 13.0. The van der Waals surface area contributed by atoms with Crippen LogP contribution in [0.5, 0.6) is 5.75 Å². The van der Waals surface area contributed by atoms with E-state index in [0.29, 0.717) is 0 Å². The Bertz CT molecular complexity index is 595. The van der Waals surface area contributed by atoms with Gasteiger partial charge in [0.25, 0.3) is 0 Å². The molecule has 0 amide bonds. The smallest absolute Gasteiger partial charge is 0.133 e. The summed E-state index contributed by atoms with van der Waals surface area (Å²) in [4.78, 5) is 0. The number of benzene rings is 2. The summed E-state index contributed by atoms with van der Waals surface area (Å²) in [7, 11) is 3.69. The molecule has 2 aromatic rings. The van der Waals surface area contributed by atoms with Crippen molar-refractivity contribution >= 4 is 15.9 Å². The molecule has 0 saturated heterocycles. The SMILES string of the molecule is CNC(c1ccc(OC)c(Br)c1)C(C)(C)c1ccccc1. The van der Waals surface area contributed by atoms with Crippen LogP contribution in [0.2, 0.25) is 0 Å². The van der Waals surface area contributed by atoms with E-state index < -0.39 is 0 Å². The third-order valence-electron chi connectivity index (χ3n) is 4.04. The van der Waals surface area contributed by atoms with Gasteiger partial charge < -0.3 is 10.1 Å².